The Bertz CT molecular complexity index is 699. The minimum absolute atomic E-state index is 0.0847. The maximum Gasteiger partial charge on any atom is 0.459 e. The number of aliphatic hydroxyl groups excluding tert-OH is 1. The van der Waals surface area contributed by atoms with Gasteiger partial charge in [-0.05, 0) is 18.4 Å². The molecule has 0 bridgehead atoms. The van der Waals surface area contributed by atoms with Crippen LogP contribution < -0.4 is 0 Å². The molecule has 0 amide bonds. The first kappa shape index (κ1) is 34.6. The summed E-state index contributed by atoms with van der Waals surface area (Å²) in [5.74, 6) is -11.1. The van der Waals surface area contributed by atoms with Crippen molar-refractivity contribution >= 4 is 0 Å². The van der Waals surface area contributed by atoms with Crippen molar-refractivity contribution in [1.29, 1.82) is 0 Å². The number of alkyl halides is 7. The fourth-order valence-corrected chi connectivity index (χ4v) is 4.02. The molecule has 0 saturated carbocycles. The molecule has 1 rings (SSSR count). The second-order valence-corrected chi connectivity index (χ2v) is 9.80. The second-order valence-electron chi connectivity index (χ2n) is 9.80. The van der Waals surface area contributed by atoms with E-state index in [1.807, 2.05) is 30.3 Å². The van der Waals surface area contributed by atoms with E-state index >= 15 is 0 Å². The number of halogens is 7. The summed E-state index contributed by atoms with van der Waals surface area (Å²) in [4.78, 5) is 0. The van der Waals surface area contributed by atoms with Gasteiger partial charge >= 0.3 is 18.0 Å². The summed E-state index contributed by atoms with van der Waals surface area (Å²) in [5.41, 5.74) is 1.05. The summed E-state index contributed by atoms with van der Waals surface area (Å²) in [6.07, 6.45) is 2.60. The monoisotopic (exact) mass is 560 g/mol. The van der Waals surface area contributed by atoms with Gasteiger partial charge in [-0.2, -0.15) is 30.7 Å². The van der Waals surface area contributed by atoms with E-state index < -0.39 is 24.4 Å². The molecule has 1 N–H and O–H groups in total. The average molecular weight is 561 g/mol. The molecule has 0 aliphatic carbocycles. The summed E-state index contributed by atoms with van der Waals surface area (Å²) in [7, 11) is 0. The summed E-state index contributed by atoms with van der Waals surface area (Å²) in [6, 6.07) is 9.76. The lowest BCUT2D eigenvalue weighted by Gasteiger charge is -2.28. The fourth-order valence-electron chi connectivity index (χ4n) is 4.02. The number of benzene rings is 1. The van der Waals surface area contributed by atoms with Crippen LogP contribution >= 0.6 is 0 Å². The molecule has 0 aliphatic rings. The lowest BCUT2D eigenvalue weighted by atomic mass is 10.0. The molecular formula is C28H43F7O3. The van der Waals surface area contributed by atoms with Gasteiger partial charge in [0, 0.05) is 13.0 Å². The third-order valence-corrected chi connectivity index (χ3v) is 6.43. The van der Waals surface area contributed by atoms with Gasteiger partial charge in [-0.15, -0.1) is 0 Å². The lowest BCUT2D eigenvalue weighted by molar-refractivity contribution is -0.355. The van der Waals surface area contributed by atoms with Gasteiger partial charge in [0.15, 0.2) is 0 Å². The highest BCUT2D eigenvalue weighted by atomic mass is 19.4. The third kappa shape index (κ3) is 14.1. The van der Waals surface area contributed by atoms with Crippen molar-refractivity contribution in [2.45, 2.75) is 121 Å². The number of unbranched alkanes of at least 4 members (excludes halogenated alkanes) is 12. The minimum atomic E-state index is -6.24. The molecule has 1 atom stereocenters. The van der Waals surface area contributed by atoms with Crippen LogP contribution in [0, 0.1) is 0 Å². The van der Waals surface area contributed by atoms with Crippen molar-refractivity contribution in [1.82, 2.24) is 0 Å². The van der Waals surface area contributed by atoms with Gasteiger partial charge in [0.05, 0.1) is 19.8 Å². The number of rotatable bonds is 23. The maximum atomic E-state index is 13.2. The smallest absolute Gasteiger partial charge is 0.394 e. The van der Waals surface area contributed by atoms with Crippen LogP contribution in [-0.2, 0) is 16.1 Å². The molecule has 3 nitrogen and oxygen atoms in total. The van der Waals surface area contributed by atoms with Crippen LogP contribution in [0.1, 0.15) is 95.5 Å². The van der Waals surface area contributed by atoms with Gasteiger partial charge < -0.3 is 14.6 Å². The van der Waals surface area contributed by atoms with Crippen LogP contribution in [0.4, 0.5) is 30.7 Å². The topological polar surface area (TPSA) is 38.7 Å². The molecule has 0 spiro atoms. The molecule has 10 heteroatoms. The Labute approximate surface area is 222 Å². The van der Waals surface area contributed by atoms with E-state index in [2.05, 4.69) is 0 Å². The van der Waals surface area contributed by atoms with Crippen LogP contribution in [0.5, 0.6) is 0 Å². The predicted molar refractivity (Wildman–Crippen MR) is 134 cm³/mol. The Hall–Kier alpha value is -1.39. The summed E-state index contributed by atoms with van der Waals surface area (Å²) >= 11 is 0. The maximum absolute atomic E-state index is 13.2. The molecule has 0 heterocycles. The third-order valence-electron chi connectivity index (χ3n) is 6.43. The van der Waals surface area contributed by atoms with Crippen molar-refractivity contribution < 1.29 is 45.3 Å². The summed E-state index contributed by atoms with van der Waals surface area (Å²) in [6.45, 7) is 1.35. The molecular weight excluding hydrogens is 517 g/mol. The van der Waals surface area contributed by atoms with Gasteiger partial charge in [0.1, 0.15) is 6.10 Å². The van der Waals surface area contributed by atoms with E-state index in [1.165, 1.54) is 0 Å². The van der Waals surface area contributed by atoms with E-state index in [0.29, 0.717) is 26.2 Å². The van der Waals surface area contributed by atoms with Crippen molar-refractivity contribution in [2.75, 3.05) is 19.8 Å². The van der Waals surface area contributed by atoms with E-state index in [-0.39, 0.29) is 25.6 Å². The minimum Gasteiger partial charge on any atom is -0.394 e. The highest BCUT2D eigenvalue weighted by Crippen LogP contribution is 2.48. The standard InChI is InChI=1S/C28H43F7O3/c29-26(30,27(31,32)28(33,34)35)19-15-10-8-6-4-2-1-3-5-7-9-11-16-20-37-23-25(21-36)38-22-24-17-13-12-14-18-24/h12-14,17-18,25,36H,1-11,15-16,19-23H2. The highest BCUT2D eigenvalue weighted by molar-refractivity contribution is 5.13. The Kier molecular flexibility index (Phi) is 17.2. The van der Waals surface area contributed by atoms with Gasteiger partial charge in [0.2, 0.25) is 0 Å². The zero-order chi connectivity index (χ0) is 28.3. The number of ether oxygens (including phenoxy) is 2. The van der Waals surface area contributed by atoms with Crippen molar-refractivity contribution in [3.05, 3.63) is 35.9 Å². The second kappa shape index (κ2) is 18.8. The van der Waals surface area contributed by atoms with E-state index in [1.54, 1.807) is 0 Å². The highest BCUT2D eigenvalue weighted by Gasteiger charge is 2.72. The molecule has 1 unspecified atom stereocenters. The number of aliphatic hydroxyl groups is 1. The Morgan fingerprint density at radius 3 is 1.61 bits per heavy atom. The summed E-state index contributed by atoms with van der Waals surface area (Å²) < 4.78 is 99.6. The van der Waals surface area contributed by atoms with Crippen LogP contribution in [0.15, 0.2) is 30.3 Å². The molecule has 0 aliphatic heterocycles. The zero-order valence-electron chi connectivity index (χ0n) is 22.1. The van der Waals surface area contributed by atoms with Gasteiger partial charge in [0.25, 0.3) is 0 Å². The molecule has 0 aromatic heterocycles. The van der Waals surface area contributed by atoms with Gasteiger partial charge in [-0.1, -0.05) is 101 Å². The van der Waals surface area contributed by atoms with Gasteiger partial charge in [-0.25, -0.2) is 0 Å². The fraction of sp³-hybridized carbons (Fsp3) is 0.786. The van der Waals surface area contributed by atoms with Crippen molar-refractivity contribution in [3.8, 4) is 0 Å². The van der Waals surface area contributed by atoms with Crippen molar-refractivity contribution in [3.63, 3.8) is 0 Å². The molecule has 222 valence electrons. The van der Waals surface area contributed by atoms with Crippen LogP contribution in [-0.4, -0.2) is 49.1 Å². The van der Waals surface area contributed by atoms with E-state index in [9.17, 15) is 35.8 Å². The molecule has 1 aromatic carbocycles. The largest absolute Gasteiger partial charge is 0.459 e. The van der Waals surface area contributed by atoms with Crippen LogP contribution in [0.25, 0.3) is 0 Å². The number of hydrogen-bond donors (Lipinski definition) is 1. The quantitative estimate of drug-likeness (QED) is 0.107. The predicted octanol–water partition coefficient (Wildman–Crippen LogP) is 8.88. The molecule has 38 heavy (non-hydrogen) atoms. The van der Waals surface area contributed by atoms with Crippen LogP contribution in [0.2, 0.25) is 0 Å². The molecule has 0 radical (unpaired) electrons. The molecule has 1 aromatic rings. The average Bonchev–Trinajstić information content (AvgIpc) is 2.87. The SMILES string of the molecule is OCC(COCCCCCCCCCCCCCCCC(F)(F)C(F)(F)C(F)(F)F)OCc1ccccc1. The number of hydrogen-bond acceptors (Lipinski definition) is 3. The van der Waals surface area contributed by atoms with E-state index in [0.717, 1.165) is 69.8 Å². The van der Waals surface area contributed by atoms with Crippen molar-refractivity contribution in [2.24, 2.45) is 0 Å². The van der Waals surface area contributed by atoms with Gasteiger partial charge in [-0.3, -0.25) is 0 Å². The summed E-state index contributed by atoms with van der Waals surface area (Å²) in [5, 5.41) is 9.42. The Balaban J connectivity index is 1.88. The normalized spacial score (nSPS) is 13.7. The van der Waals surface area contributed by atoms with Crippen LogP contribution in [0.3, 0.4) is 0 Å². The molecule has 0 saturated heterocycles. The first-order chi connectivity index (χ1) is 18.0. The first-order valence-corrected chi connectivity index (χ1v) is 13.7. The Morgan fingerprint density at radius 1 is 0.658 bits per heavy atom. The first-order valence-electron chi connectivity index (χ1n) is 13.7. The lowest BCUT2D eigenvalue weighted by Crippen LogP contribution is -2.51. The van der Waals surface area contributed by atoms with E-state index in [4.69, 9.17) is 9.47 Å². The Morgan fingerprint density at radius 2 is 1.13 bits per heavy atom. The zero-order valence-corrected chi connectivity index (χ0v) is 22.1. The molecule has 0 fully saturated rings.